The summed E-state index contributed by atoms with van der Waals surface area (Å²) in [6, 6.07) is 13.3. The molecule has 3 aromatic rings. The minimum absolute atomic E-state index is 0.0958. The Balaban J connectivity index is 1.50. The molecule has 6 heteroatoms. The van der Waals surface area contributed by atoms with E-state index in [0.29, 0.717) is 29.6 Å². The maximum Gasteiger partial charge on any atom is 0.220 e. The lowest BCUT2D eigenvalue weighted by atomic mass is 10.2. The van der Waals surface area contributed by atoms with Crippen LogP contribution in [0.2, 0.25) is 5.02 Å². The Labute approximate surface area is 149 Å². The van der Waals surface area contributed by atoms with Gasteiger partial charge in [-0.1, -0.05) is 23.7 Å². The van der Waals surface area contributed by atoms with Gasteiger partial charge in [-0.2, -0.15) is 0 Å². The van der Waals surface area contributed by atoms with E-state index < -0.39 is 0 Å². The van der Waals surface area contributed by atoms with Crippen molar-refractivity contribution in [2.45, 2.75) is 19.4 Å². The summed E-state index contributed by atoms with van der Waals surface area (Å²) in [6.45, 7) is 0.422. The van der Waals surface area contributed by atoms with Gasteiger partial charge in [-0.05, 0) is 42.0 Å². The molecule has 0 fully saturated rings. The van der Waals surface area contributed by atoms with Gasteiger partial charge < -0.3 is 9.73 Å². The van der Waals surface area contributed by atoms with E-state index >= 15 is 0 Å². The first-order valence-corrected chi connectivity index (χ1v) is 8.20. The smallest absolute Gasteiger partial charge is 0.220 e. The van der Waals surface area contributed by atoms with Gasteiger partial charge in [-0.25, -0.2) is 9.37 Å². The van der Waals surface area contributed by atoms with Crippen molar-refractivity contribution in [3.63, 3.8) is 0 Å². The number of nitrogens with one attached hydrogen (secondary N) is 1. The maximum atomic E-state index is 12.9. The van der Waals surface area contributed by atoms with Crippen LogP contribution >= 0.6 is 11.6 Å². The zero-order valence-electron chi connectivity index (χ0n) is 13.3. The molecule has 1 N–H and O–H groups in total. The lowest BCUT2D eigenvalue weighted by Crippen LogP contribution is -2.23. The van der Waals surface area contributed by atoms with Crippen LogP contribution in [0, 0.1) is 5.82 Å². The van der Waals surface area contributed by atoms with E-state index in [-0.39, 0.29) is 18.1 Å². The minimum atomic E-state index is -0.306. The second-order valence-corrected chi connectivity index (χ2v) is 5.97. The van der Waals surface area contributed by atoms with E-state index in [9.17, 15) is 9.18 Å². The van der Waals surface area contributed by atoms with Gasteiger partial charge in [0.15, 0.2) is 11.7 Å². The number of hydrogen-bond donors (Lipinski definition) is 1. The monoisotopic (exact) mass is 358 g/mol. The molecule has 0 aliphatic heterocycles. The van der Waals surface area contributed by atoms with E-state index in [2.05, 4.69) is 10.3 Å². The molecule has 0 aliphatic rings. The number of oxazole rings is 1. The Kier molecular flexibility index (Phi) is 5.46. The molecule has 1 heterocycles. The van der Waals surface area contributed by atoms with Crippen LogP contribution in [0.15, 0.2) is 59.1 Å². The van der Waals surface area contributed by atoms with Crippen molar-refractivity contribution in [1.29, 1.82) is 0 Å². The van der Waals surface area contributed by atoms with Crippen LogP contribution in [0.25, 0.3) is 11.3 Å². The summed E-state index contributed by atoms with van der Waals surface area (Å²) in [5, 5.41) is 3.47. The Hall–Kier alpha value is -2.66. The number of carbonyl (C=O) groups is 1. The predicted octanol–water partition coefficient (Wildman–Crippen LogP) is 4.38. The number of rotatable bonds is 6. The van der Waals surface area contributed by atoms with Gasteiger partial charge in [0.1, 0.15) is 5.82 Å². The predicted molar refractivity (Wildman–Crippen MR) is 93.5 cm³/mol. The van der Waals surface area contributed by atoms with Crippen molar-refractivity contribution in [2.24, 2.45) is 0 Å². The third-order valence-electron chi connectivity index (χ3n) is 3.63. The van der Waals surface area contributed by atoms with E-state index in [1.807, 2.05) is 18.2 Å². The molecule has 0 aliphatic carbocycles. The van der Waals surface area contributed by atoms with E-state index in [4.69, 9.17) is 16.0 Å². The summed E-state index contributed by atoms with van der Waals surface area (Å²) >= 11 is 5.91. The van der Waals surface area contributed by atoms with E-state index in [1.165, 1.54) is 12.1 Å². The average Bonchev–Trinajstić information content (AvgIpc) is 3.08. The molecule has 128 valence electrons. The van der Waals surface area contributed by atoms with Crippen LogP contribution in [0.5, 0.6) is 0 Å². The summed E-state index contributed by atoms with van der Waals surface area (Å²) in [7, 11) is 0. The number of nitrogens with zero attached hydrogens (tertiary/aromatic N) is 1. The highest BCUT2D eigenvalue weighted by Gasteiger charge is 2.09. The minimum Gasteiger partial charge on any atom is -0.441 e. The fourth-order valence-corrected chi connectivity index (χ4v) is 2.54. The molecular formula is C19H16ClFN2O2. The van der Waals surface area contributed by atoms with Gasteiger partial charge in [-0.15, -0.1) is 0 Å². The van der Waals surface area contributed by atoms with Crippen LogP contribution in [-0.2, 0) is 17.8 Å². The largest absolute Gasteiger partial charge is 0.441 e. The van der Waals surface area contributed by atoms with Gasteiger partial charge in [-0.3, -0.25) is 4.79 Å². The maximum absolute atomic E-state index is 12.9. The quantitative estimate of drug-likeness (QED) is 0.711. The number of carbonyl (C=O) groups excluding carboxylic acids is 1. The molecule has 1 aromatic heterocycles. The lowest BCUT2D eigenvalue weighted by molar-refractivity contribution is -0.121. The number of aryl methyl sites for hydroxylation is 1. The summed E-state index contributed by atoms with van der Waals surface area (Å²) in [5.74, 6) is 0.618. The van der Waals surface area contributed by atoms with Crippen molar-refractivity contribution in [3.8, 4) is 11.3 Å². The second-order valence-electron chi connectivity index (χ2n) is 5.53. The zero-order valence-corrected chi connectivity index (χ0v) is 14.1. The molecule has 0 bridgehead atoms. The topological polar surface area (TPSA) is 55.1 Å². The molecule has 0 unspecified atom stereocenters. The van der Waals surface area contributed by atoms with Gasteiger partial charge in [0.25, 0.3) is 0 Å². The Morgan fingerprint density at radius 1 is 1.20 bits per heavy atom. The van der Waals surface area contributed by atoms with Crippen molar-refractivity contribution >= 4 is 17.5 Å². The molecular weight excluding hydrogens is 343 g/mol. The molecule has 1 amide bonds. The number of halogens is 2. The number of aromatic nitrogens is 1. The van der Waals surface area contributed by atoms with Gasteiger partial charge in [0, 0.05) is 30.0 Å². The molecule has 3 rings (SSSR count). The number of amides is 1. The molecule has 0 atom stereocenters. The SMILES string of the molecule is O=C(CCc1ncc(-c2ccc(F)cc2)o1)NCc1cccc(Cl)c1. The molecule has 0 radical (unpaired) electrons. The first-order valence-electron chi connectivity index (χ1n) is 7.82. The Bertz CT molecular complexity index is 862. The standard InChI is InChI=1S/C19H16ClFN2O2/c20-15-3-1-2-13(10-15)11-22-18(24)8-9-19-23-12-17(25-19)14-4-6-16(21)7-5-14/h1-7,10,12H,8-9,11H2,(H,22,24). The summed E-state index contributed by atoms with van der Waals surface area (Å²) in [6.07, 6.45) is 2.24. The normalized spacial score (nSPS) is 10.6. The molecule has 25 heavy (non-hydrogen) atoms. The van der Waals surface area contributed by atoms with Gasteiger partial charge >= 0.3 is 0 Å². The third kappa shape index (κ3) is 4.90. The highest BCUT2D eigenvalue weighted by molar-refractivity contribution is 6.30. The fraction of sp³-hybridized carbons (Fsp3) is 0.158. The summed E-state index contributed by atoms with van der Waals surface area (Å²) in [4.78, 5) is 16.1. The molecule has 4 nitrogen and oxygen atoms in total. The van der Waals surface area contributed by atoms with Crippen LogP contribution < -0.4 is 5.32 Å². The van der Waals surface area contributed by atoms with E-state index in [1.54, 1.807) is 24.4 Å². The van der Waals surface area contributed by atoms with Crippen LogP contribution in [0.3, 0.4) is 0 Å². The highest BCUT2D eigenvalue weighted by atomic mass is 35.5. The van der Waals surface area contributed by atoms with Crippen molar-refractivity contribution in [1.82, 2.24) is 10.3 Å². The van der Waals surface area contributed by atoms with Crippen molar-refractivity contribution in [2.75, 3.05) is 0 Å². The third-order valence-corrected chi connectivity index (χ3v) is 3.86. The fourth-order valence-electron chi connectivity index (χ4n) is 2.33. The summed E-state index contributed by atoms with van der Waals surface area (Å²) < 4.78 is 18.5. The molecule has 0 saturated carbocycles. The van der Waals surface area contributed by atoms with Gasteiger partial charge in [0.2, 0.25) is 5.91 Å². The number of hydrogen-bond acceptors (Lipinski definition) is 3. The Morgan fingerprint density at radius 3 is 2.76 bits per heavy atom. The highest BCUT2D eigenvalue weighted by Crippen LogP contribution is 2.21. The van der Waals surface area contributed by atoms with Gasteiger partial charge in [0.05, 0.1) is 6.20 Å². The first kappa shape index (κ1) is 17.2. The van der Waals surface area contributed by atoms with Crippen LogP contribution in [0.1, 0.15) is 17.9 Å². The van der Waals surface area contributed by atoms with Crippen LogP contribution in [0.4, 0.5) is 4.39 Å². The molecule has 0 saturated heterocycles. The van der Waals surface area contributed by atoms with Crippen LogP contribution in [-0.4, -0.2) is 10.9 Å². The van der Waals surface area contributed by atoms with Crippen molar-refractivity contribution < 1.29 is 13.6 Å². The summed E-state index contributed by atoms with van der Waals surface area (Å²) in [5.41, 5.74) is 1.68. The van der Waals surface area contributed by atoms with E-state index in [0.717, 1.165) is 11.1 Å². The average molecular weight is 359 g/mol. The zero-order chi connectivity index (χ0) is 17.6. The molecule has 0 spiro atoms. The first-order chi connectivity index (χ1) is 12.1. The lowest BCUT2D eigenvalue weighted by Gasteiger charge is -2.05. The second kappa shape index (κ2) is 7.94. The Morgan fingerprint density at radius 2 is 2.00 bits per heavy atom. The molecule has 2 aromatic carbocycles. The van der Waals surface area contributed by atoms with Crippen molar-refractivity contribution in [3.05, 3.63) is 77.0 Å². The number of benzene rings is 2.